The second-order valence-corrected chi connectivity index (χ2v) is 11.6. The fraction of sp³-hybridized carbons (Fsp3) is 0.735. The number of ether oxygens (including phenoxy) is 2. The van der Waals surface area contributed by atoms with Gasteiger partial charge in [0, 0.05) is 12.8 Å². The fourth-order valence-electron chi connectivity index (χ4n) is 5.61. The van der Waals surface area contributed by atoms with E-state index in [1.54, 1.807) is 0 Å². The molecule has 1 saturated heterocycles. The fourth-order valence-corrected chi connectivity index (χ4v) is 5.61. The third-order valence-electron chi connectivity index (χ3n) is 8.13. The molecule has 1 aromatic rings. The highest BCUT2D eigenvalue weighted by atomic mass is 16.6. The average Bonchev–Trinajstić information content (AvgIpc) is 2.95. The Balaban J connectivity index is 1.86. The van der Waals surface area contributed by atoms with Gasteiger partial charge in [-0.05, 0) is 24.8 Å². The average molecular weight is 558 g/mol. The van der Waals surface area contributed by atoms with Gasteiger partial charge < -0.3 is 14.8 Å². The van der Waals surface area contributed by atoms with E-state index >= 15 is 0 Å². The Bertz CT molecular complexity index is 814. The van der Waals surface area contributed by atoms with E-state index in [4.69, 9.17) is 9.47 Å². The van der Waals surface area contributed by atoms with Crippen LogP contribution in [0.4, 0.5) is 0 Å². The molecule has 1 N–H and O–H groups in total. The first-order valence-electron chi connectivity index (χ1n) is 16.2. The minimum atomic E-state index is -0.742. The summed E-state index contributed by atoms with van der Waals surface area (Å²) in [4.78, 5) is 36.6. The molecule has 6 nitrogen and oxygen atoms in total. The number of carbonyl (C=O) groups excluding carboxylic acids is 3. The second kappa shape index (κ2) is 21.4. The normalized spacial score (nSPS) is 17.9. The summed E-state index contributed by atoms with van der Waals surface area (Å²) >= 11 is 0. The maximum atomic E-state index is 13.2. The van der Waals surface area contributed by atoms with Crippen molar-refractivity contribution in [2.45, 2.75) is 154 Å². The second-order valence-electron chi connectivity index (χ2n) is 11.6. The van der Waals surface area contributed by atoms with Crippen molar-refractivity contribution in [3.05, 3.63) is 35.9 Å². The standard InChI is InChI=1S/C34H55NO5/c1-3-5-7-9-10-11-12-13-14-15-19-23-29(26-32-30(33(37)40-32)24-20-8-6-4-2)39-34(38)31(35-27-36)25-28-21-17-16-18-22-28/h16-18,21-22,27,29-32H,3-15,19-20,23-26H2,1-2H3,(H,35,36)/t29?,30-,31-,32?/m0/s1. The highest BCUT2D eigenvalue weighted by Crippen LogP contribution is 2.32. The summed E-state index contributed by atoms with van der Waals surface area (Å²) < 4.78 is 11.5. The summed E-state index contributed by atoms with van der Waals surface area (Å²) in [6, 6.07) is 8.89. The number of cyclic esters (lactones) is 1. The maximum Gasteiger partial charge on any atom is 0.329 e. The number of unbranched alkanes of at least 4 members (excludes halogenated alkanes) is 13. The van der Waals surface area contributed by atoms with Gasteiger partial charge in [0.25, 0.3) is 0 Å². The smallest absolute Gasteiger partial charge is 0.329 e. The van der Waals surface area contributed by atoms with Gasteiger partial charge >= 0.3 is 11.9 Å². The molecule has 226 valence electrons. The summed E-state index contributed by atoms with van der Waals surface area (Å²) in [5.74, 6) is -0.636. The molecule has 2 unspecified atom stereocenters. The van der Waals surface area contributed by atoms with Crippen molar-refractivity contribution < 1.29 is 23.9 Å². The summed E-state index contributed by atoms with van der Waals surface area (Å²) in [7, 11) is 0. The van der Waals surface area contributed by atoms with Gasteiger partial charge in [0.15, 0.2) is 0 Å². The van der Waals surface area contributed by atoms with Crippen LogP contribution in [0.25, 0.3) is 0 Å². The van der Waals surface area contributed by atoms with Gasteiger partial charge in [-0.15, -0.1) is 0 Å². The van der Waals surface area contributed by atoms with E-state index in [9.17, 15) is 14.4 Å². The Hall–Kier alpha value is -2.37. The van der Waals surface area contributed by atoms with E-state index in [0.29, 0.717) is 19.3 Å². The summed E-state index contributed by atoms with van der Waals surface area (Å²) in [5, 5.41) is 2.64. The van der Waals surface area contributed by atoms with Gasteiger partial charge in [0.05, 0.1) is 5.92 Å². The molecule has 0 aromatic heterocycles. The largest absolute Gasteiger partial charge is 0.461 e. The van der Waals surface area contributed by atoms with Crippen molar-refractivity contribution in [1.29, 1.82) is 0 Å². The van der Waals surface area contributed by atoms with Crippen LogP contribution in [0.3, 0.4) is 0 Å². The van der Waals surface area contributed by atoms with Gasteiger partial charge in [-0.3, -0.25) is 9.59 Å². The zero-order chi connectivity index (χ0) is 28.8. The molecule has 6 heteroatoms. The lowest BCUT2D eigenvalue weighted by molar-refractivity contribution is -0.190. The number of hydrogen-bond donors (Lipinski definition) is 1. The van der Waals surface area contributed by atoms with Crippen LogP contribution in [0.1, 0.15) is 135 Å². The van der Waals surface area contributed by atoms with Crippen molar-refractivity contribution in [3.63, 3.8) is 0 Å². The molecule has 1 aromatic carbocycles. The van der Waals surface area contributed by atoms with Gasteiger partial charge in [-0.25, -0.2) is 4.79 Å². The third kappa shape index (κ3) is 13.8. The molecule has 40 heavy (non-hydrogen) atoms. The third-order valence-corrected chi connectivity index (χ3v) is 8.13. The number of benzene rings is 1. The molecular formula is C34H55NO5. The van der Waals surface area contributed by atoms with Crippen LogP contribution >= 0.6 is 0 Å². The van der Waals surface area contributed by atoms with Crippen LogP contribution in [-0.2, 0) is 30.3 Å². The molecule has 0 aliphatic carbocycles. The number of hydrogen-bond acceptors (Lipinski definition) is 5. The molecule has 1 amide bonds. The number of amides is 1. The van der Waals surface area contributed by atoms with E-state index < -0.39 is 12.0 Å². The molecule has 1 aliphatic heterocycles. The molecule has 0 bridgehead atoms. The molecule has 0 radical (unpaired) electrons. The first-order valence-corrected chi connectivity index (χ1v) is 16.2. The van der Waals surface area contributed by atoms with E-state index in [1.807, 2.05) is 30.3 Å². The zero-order valence-electron chi connectivity index (χ0n) is 25.2. The predicted molar refractivity (Wildman–Crippen MR) is 161 cm³/mol. The van der Waals surface area contributed by atoms with Gasteiger partial charge in [-0.2, -0.15) is 0 Å². The highest BCUT2D eigenvalue weighted by Gasteiger charge is 2.43. The molecule has 1 fully saturated rings. The SMILES string of the molecule is CCCCCCCCCCCCCC(CC1OC(=O)[C@H]1CCCCCC)OC(=O)[C@H](Cc1ccccc1)NC=O. The van der Waals surface area contributed by atoms with Crippen molar-refractivity contribution in [1.82, 2.24) is 5.32 Å². The van der Waals surface area contributed by atoms with Crippen LogP contribution in [0.5, 0.6) is 0 Å². The maximum absolute atomic E-state index is 13.2. The van der Waals surface area contributed by atoms with Gasteiger partial charge in [0.1, 0.15) is 18.2 Å². The molecule has 1 aliphatic rings. The van der Waals surface area contributed by atoms with E-state index in [-0.39, 0.29) is 24.1 Å². The van der Waals surface area contributed by atoms with Gasteiger partial charge in [0.2, 0.25) is 6.41 Å². The molecule has 0 saturated carbocycles. The number of carbonyl (C=O) groups is 3. The summed E-state index contributed by atoms with van der Waals surface area (Å²) in [6.45, 7) is 4.43. The minimum Gasteiger partial charge on any atom is -0.461 e. The number of esters is 2. The zero-order valence-corrected chi connectivity index (χ0v) is 25.2. The van der Waals surface area contributed by atoms with Crippen LogP contribution in [0.15, 0.2) is 30.3 Å². The van der Waals surface area contributed by atoms with Crippen LogP contribution in [0, 0.1) is 5.92 Å². The number of rotatable bonds is 25. The van der Waals surface area contributed by atoms with Gasteiger partial charge in [-0.1, -0.05) is 134 Å². The quantitative estimate of drug-likeness (QED) is 0.0752. The first-order chi connectivity index (χ1) is 19.6. The Labute approximate surface area is 243 Å². The molecular weight excluding hydrogens is 502 g/mol. The Morgan fingerprint density at radius 2 is 1.45 bits per heavy atom. The topological polar surface area (TPSA) is 81.7 Å². The van der Waals surface area contributed by atoms with E-state index in [2.05, 4.69) is 19.2 Å². The highest BCUT2D eigenvalue weighted by molar-refractivity contribution is 5.79. The summed E-state index contributed by atoms with van der Waals surface area (Å²) in [5.41, 5.74) is 0.959. The Morgan fingerprint density at radius 3 is 2.02 bits per heavy atom. The predicted octanol–water partition coefficient (Wildman–Crippen LogP) is 7.86. The van der Waals surface area contributed by atoms with Crippen LogP contribution < -0.4 is 5.32 Å². The molecule has 2 rings (SSSR count). The molecule has 1 heterocycles. The van der Waals surface area contributed by atoms with Crippen molar-refractivity contribution in [3.8, 4) is 0 Å². The lowest BCUT2D eigenvalue weighted by Crippen LogP contribution is -2.48. The number of nitrogens with one attached hydrogen (secondary N) is 1. The monoisotopic (exact) mass is 557 g/mol. The Kier molecular flexibility index (Phi) is 18.1. The Morgan fingerprint density at radius 1 is 0.875 bits per heavy atom. The molecule has 4 atom stereocenters. The lowest BCUT2D eigenvalue weighted by Gasteiger charge is -2.37. The van der Waals surface area contributed by atoms with Crippen molar-refractivity contribution in [2.24, 2.45) is 5.92 Å². The first kappa shape index (κ1) is 33.8. The van der Waals surface area contributed by atoms with E-state index in [1.165, 1.54) is 64.2 Å². The van der Waals surface area contributed by atoms with E-state index in [0.717, 1.165) is 50.5 Å². The summed E-state index contributed by atoms with van der Waals surface area (Å²) in [6.07, 6.45) is 20.9. The van der Waals surface area contributed by atoms with Crippen molar-refractivity contribution >= 4 is 18.3 Å². The van der Waals surface area contributed by atoms with Crippen molar-refractivity contribution in [2.75, 3.05) is 0 Å². The van der Waals surface area contributed by atoms with Crippen LogP contribution in [0.2, 0.25) is 0 Å². The molecule has 0 spiro atoms. The lowest BCUT2D eigenvalue weighted by atomic mass is 9.86. The minimum absolute atomic E-state index is 0.0939. The van der Waals surface area contributed by atoms with Crippen LogP contribution in [-0.4, -0.2) is 36.6 Å².